The number of aliphatic hydroxyl groups is 1. The first-order valence-electron chi connectivity index (χ1n) is 8.86. The molecule has 0 aromatic rings. The summed E-state index contributed by atoms with van der Waals surface area (Å²) in [6.07, 6.45) is 3.00. The fraction of sp³-hybridized carbons (Fsp3) is 0.882. The lowest BCUT2D eigenvalue weighted by Crippen LogP contribution is -2.38. The lowest BCUT2D eigenvalue weighted by Gasteiger charge is -2.27. The van der Waals surface area contributed by atoms with Crippen molar-refractivity contribution in [1.29, 1.82) is 0 Å². The van der Waals surface area contributed by atoms with Gasteiger partial charge in [-0.15, -0.1) is 0 Å². The van der Waals surface area contributed by atoms with E-state index in [1.807, 2.05) is 20.8 Å². The standard InChI is InChI=1S/C17H32ClN3O4/c1-17(2,3)25-16(23)20(4)11-8-15(18)19-24-13-14(22)12-21-9-6-5-7-10-21/h14,22H,5-13H2,1-4H3. The third-order valence-corrected chi connectivity index (χ3v) is 3.96. The van der Waals surface area contributed by atoms with Crippen LogP contribution in [0.2, 0.25) is 0 Å². The molecule has 1 saturated heterocycles. The van der Waals surface area contributed by atoms with Crippen LogP contribution in [-0.2, 0) is 9.57 Å². The predicted octanol–water partition coefficient (Wildman–Crippen LogP) is 2.66. The molecule has 1 aliphatic heterocycles. The molecule has 1 atom stereocenters. The van der Waals surface area contributed by atoms with E-state index in [9.17, 15) is 9.90 Å². The molecule has 146 valence electrons. The number of hydrogen-bond donors (Lipinski definition) is 1. The molecular weight excluding hydrogens is 346 g/mol. The van der Waals surface area contributed by atoms with Crippen molar-refractivity contribution >= 4 is 22.9 Å². The molecule has 1 heterocycles. The van der Waals surface area contributed by atoms with Crippen LogP contribution >= 0.6 is 11.6 Å². The first-order valence-corrected chi connectivity index (χ1v) is 9.24. The van der Waals surface area contributed by atoms with Gasteiger partial charge in [0, 0.05) is 26.6 Å². The first kappa shape index (κ1) is 22.0. The number of rotatable bonds is 8. The van der Waals surface area contributed by atoms with Crippen LogP contribution in [0.4, 0.5) is 4.79 Å². The average molecular weight is 378 g/mol. The molecule has 0 aliphatic carbocycles. The largest absolute Gasteiger partial charge is 0.444 e. The predicted molar refractivity (Wildman–Crippen MR) is 99.0 cm³/mol. The molecule has 1 unspecified atom stereocenters. The van der Waals surface area contributed by atoms with Crippen molar-refractivity contribution in [2.24, 2.45) is 5.16 Å². The fourth-order valence-electron chi connectivity index (χ4n) is 2.42. The van der Waals surface area contributed by atoms with E-state index in [0.29, 0.717) is 19.5 Å². The molecule has 0 aromatic carbocycles. The van der Waals surface area contributed by atoms with Crippen molar-refractivity contribution in [1.82, 2.24) is 9.80 Å². The summed E-state index contributed by atoms with van der Waals surface area (Å²) in [5.41, 5.74) is -0.531. The molecule has 1 N–H and O–H groups in total. The maximum absolute atomic E-state index is 11.8. The van der Waals surface area contributed by atoms with Crippen molar-refractivity contribution in [3.63, 3.8) is 0 Å². The Morgan fingerprint density at radius 2 is 1.96 bits per heavy atom. The van der Waals surface area contributed by atoms with Crippen LogP contribution < -0.4 is 0 Å². The molecular formula is C17H32ClN3O4. The number of nitrogens with zero attached hydrogens (tertiary/aromatic N) is 3. The van der Waals surface area contributed by atoms with Gasteiger partial charge in [0.1, 0.15) is 23.5 Å². The van der Waals surface area contributed by atoms with Gasteiger partial charge in [0.25, 0.3) is 0 Å². The molecule has 0 bridgehead atoms. The minimum Gasteiger partial charge on any atom is -0.444 e. The van der Waals surface area contributed by atoms with Gasteiger partial charge in [-0.05, 0) is 46.7 Å². The van der Waals surface area contributed by atoms with Crippen molar-refractivity contribution in [3.05, 3.63) is 0 Å². The molecule has 0 saturated carbocycles. The summed E-state index contributed by atoms with van der Waals surface area (Å²) >= 11 is 5.99. The van der Waals surface area contributed by atoms with Crippen LogP contribution in [0.5, 0.6) is 0 Å². The summed E-state index contributed by atoms with van der Waals surface area (Å²) in [5, 5.41) is 14.0. The third kappa shape index (κ3) is 10.5. The molecule has 8 heteroatoms. The van der Waals surface area contributed by atoms with Crippen LogP contribution in [-0.4, -0.2) is 77.7 Å². The highest BCUT2D eigenvalue weighted by atomic mass is 35.5. The molecule has 1 amide bonds. The number of halogens is 1. The molecule has 1 rings (SSSR count). The highest BCUT2D eigenvalue weighted by Gasteiger charge is 2.19. The lowest BCUT2D eigenvalue weighted by atomic mass is 10.1. The zero-order chi connectivity index (χ0) is 18.9. The van der Waals surface area contributed by atoms with Gasteiger partial charge >= 0.3 is 6.09 Å². The number of carbonyl (C=O) groups excluding carboxylic acids is 1. The van der Waals surface area contributed by atoms with Crippen molar-refractivity contribution in [2.75, 3.05) is 39.8 Å². The van der Waals surface area contributed by atoms with Gasteiger partial charge in [0.2, 0.25) is 0 Å². The maximum atomic E-state index is 11.8. The van der Waals surface area contributed by atoms with Gasteiger partial charge in [0.05, 0.1) is 0 Å². The monoisotopic (exact) mass is 377 g/mol. The SMILES string of the molecule is CN(CCC(Cl)=NOCC(O)CN1CCCCC1)C(=O)OC(C)(C)C. The number of oxime groups is 1. The highest BCUT2D eigenvalue weighted by molar-refractivity contribution is 6.65. The van der Waals surface area contributed by atoms with Crippen molar-refractivity contribution in [3.8, 4) is 0 Å². The van der Waals surface area contributed by atoms with Crippen LogP contribution in [0.15, 0.2) is 5.16 Å². The minimum atomic E-state index is -0.587. The summed E-state index contributed by atoms with van der Waals surface area (Å²) in [6, 6.07) is 0. The molecule has 25 heavy (non-hydrogen) atoms. The van der Waals surface area contributed by atoms with Crippen LogP contribution in [0.3, 0.4) is 0 Å². The third-order valence-electron chi connectivity index (χ3n) is 3.71. The summed E-state index contributed by atoms with van der Waals surface area (Å²) in [5.74, 6) is 0. The number of amides is 1. The van der Waals surface area contributed by atoms with Gasteiger partial charge in [0.15, 0.2) is 0 Å². The molecule has 1 aliphatic rings. The number of piperidine rings is 1. The highest BCUT2D eigenvalue weighted by Crippen LogP contribution is 2.10. The zero-order valence-electron chi connectivity index (χ0n) is 15.8. The Morgan fingerprint density at radius 1 is 1.32 bits per heavy atom. The second-order valence-corrected chi connectivity index (χ2v) is 7.87. The van der Waals surface area contributed by atoms with Crippen molar-refractivity contribution < 1.29 is 19.5 Å². The average Bonchev–Trinajstić information content (AvgIpc) is 2.51. The van der Waals surface area contributed by atoms with Crippen LogP contribution in [0.25, 0.3) is 0 Å². The van der Waals surface area contributed by atoms with E-state index in [4.69, 9.17) is 21.2 Å². The van der Waals surface area contributed by atoms with Gasteiger partial charge in [-0.3, -0.25) is 0 Å². The van der Waals surface area contributed by atoms with E-state index in [2.05, 4.69) is 10.1 Å². The lowest BCUT2D eigenvalue weighted by molar-refractivity contribution is 0.0158. The van der Waals surface area contributed by atoms with E-state index in [1.165, 1.54) is 24.2 Å². The van der Waals surface area contributed by atoms with Gasteiger partial charge in [-0.25, -0.2) is 4.79 Å². The van der Waals surface area contributed by atoms with Crippen molar-refractivity contribution in [2.45, 2.75) is 58.2 Å². The molecule has 7 nitrogen and oxygen atoms in total. The summed E-state index contributed by atoms with van der Waals surface area (Å²) in [7, 11) is 1.64. The summed E-state index contributed by atoms with van der Waals surface area (Å²) in [4.78, 5) is 20.6. The Balaban J connectivity index is 2.20. The van der Waals surface area contributed by atoms with E-state index in [1.54, 1.807) is 7.05 Å². The second kappa shape index (κ2) is 10.8. The molecule has 0 radical (unpaired) electrons. The molecule has 1 fully saturated rings. The van der Waals surface area contributed by atoms with Gasteiger partial charge in [-0.1, -0.05) is 23.2 Å². The summed E-state index contributed by atoms with van der Waals surface area (Å²) in [6.45, 7) is 8.57. The van der Waals surface area contributed by atoms with E-state index in [-0.39, 0.29) is 11.8 Å². The van der Waals surface area contributed by atoms with Gasteiger partial charge < -0.3 is 24.5 Å². The van der Waals surface area contributed by atoms with Crippen LogP contribution in [0.1, 0.15) is 46.5 Å². The minimum absolute atomic E-state index is 0.106. The smallest absolute Gasteiger partial charge is 0.410 e. The van der Waals surface area contributed by atoms with E-state index < -0.39 is 17.8 Å². The Kier molecular flexibility index (Phi) is 9.53. The number of aliphatic hydroxyl groups excluding tert-OH is 1. The number of likely N-dealkylation sites (tertiary alicyclic amines) is 1. The maximum Gasteiger partial charge on any atom is 0.410 e. The number of carbonyl (C=O) groups is 1. The van der Waals surface area contributed by atoms with E-state index in [0.717, 1.165) is 13.1 Å². The Morgan fingerprint density at radius 3 is 2.56 bits per heavy atom. The Hall–Kier alpha value is -1.05. The Bertz CT molecular complexity index is 434. The molecule has 0 aromatic heterocycles. The van der Waals surface area contributed by atoms with Crippen LogP contribution in [0, 0.1) is 0 Å². The quantitative estimate of drug-likeness (QED) is 0.520. The summed E-state index contributed by atoms with van der Waals surface area (Å²) < 4.78 is 5.25. The number of β-amino-alcohol motifs (C(OH)–C–C–N with tert-alkyl or cyclic N) is 1. The van der Waals surface area contributed by atoms with E-state index >= 15 is 0 Å². The second-order valence-electron chi connectivity index (χ2n) is 7.43. The first-order chi connectivity index (χ1) is 11.7. The topological polar surface area (TPSA) is 74.6 Å². The zero-order valence-corrected chi connectivity index (χ0v) is 16.6. The van der Waals surface area contributed by atoms with Gasteiger partial charge in [-0.2, -0.15) is 0 Å². The number of ether oxygens (including phenoxy) is 1. The number of hydrogen-bond acceptors (Lipinski definition) is 6. The Labute approximate surface area is 155 Å². The normalized spacial score (nSPS) is 17.9. The fourth-order valence-corrected chi connectivity index (χ4v) is 2.56. The molecule has 0 spiro atoms.